The predicted molar refractivity (Wildman–Crippen MR) is 79.4 cm³/mol. The first-order chi connectivity index (χ1) is 10.1. The molecule has 1 heterocycles. The number of nitrogens with zero attached hydrogens (tertiary/aromatic N) is 1. The molecule has 0 bridgehead atoms. The molecule has 0 aliphatic carbocycles. The van der Waals surface area contributed by atoms with Gasteiger partial charge in [-0.25, -0.2) is 14.6 Å². The molecule has 0 saturated carbocycles. The van der Waals surface area contributed by atoms with Crippen LogP contribution in [0.5, 0.6) is 0 Å². The Morgan fingerprint density at radius 2 is 2.09 bits per heavy atom. The molecule has 0 spiro atoms. The van der Waals surface area contributed by atoms with Gasteiger partial charge in [0.05, 0.1) is 7.11 Å². The number of ether oxygens (including phenoxy) is 2. The van der Waals surface area contributed by atoms with Crippen LogP contribution in [0.4, 0.5) is 4.79 Å². The van der Waals surface area contributed by atoms with E-state index in [4.69, 9.17) is 15.3 Å². The van der Waals surface area contributed by atoms with Crippen molar-refractivity contribution in [1.29, 1.82) is 0 Å². The second-order valence-corrected chi connectivity index (χ2v) is 6.58. The Kier molecular flexibility index (Phi) is 6.58. The number of nitrogens with two attached hydrogens (primary N) is 1. The molecule has 128 valence electrons. The third kappa shape index (κ3) is 6.17. The van der Waals surface area contributed by atoms with Crippen LogP contribution >= 0.6 is 0 Å². The van der Waals surface area contributed by atoms with Crippen LogP contribution in [0.2, 0.25) is 0 Å². The summed E-state index contributed by atoms with van der Waals surface area (Å²) in [4.78, 5) is 23.5. The first-order valence-corrected chi connectivity index (χ1v) is 7.39. The second-order valence-electron chi connectivity index (χ2n) is 6.58. The van der Waals surface area contributed by atoms with Gasteiger partial charge in [-0.3, -0.25) is 5.84 Å². The van der Waals surface area contributed by atoms with Crippen LogP contribution in [-0.4, -0.2) is 53.7 Å². The highest BCUT2D eigenvalue weighted by Gasteiger charge is 2.31. The summed E-state index contributed by atoms with van der Waals surface area (Å²) in [7, 11) is 1.27. The van der Waals surface area contributed by atoms with Crippen LogP contribution in [-0.2, 0) is 14.3 Å². The van der Waals surface area contributed by atoms with E-state index in [1.807, 2.05) is 0 Å². The van der Waals surface area contributed by atoms with Gasteiger partial charge in [-0.05, 0) is 46.0 Å². The van der Waals surface area contributed by atoms with Crippen LogP contribution in [0.1, 0.15) is 40.0 Å². The smallest absolute Gasteiger partial charge is 0.408 e. The number of hydrogen-bond acceptors (Lipinski definition) is 7. The molecule has 0 aromatic carbocycles. The first kappa shape index (κ1) is 18.7. The Morgan fingerprint density at radius 3 is 2.55 bits per heavy atom. The highest BCUT2D eigenvalue weighted by atomic mass is 16.6. The van der Waals surface area contributed by atoms with Gasteiger partial charge in [0, 0.05) is 6.54 Å². The molecule has 0 radical (unpaired) electrons. The minimum atomic E-state index is -0.774. The van der Waals surface area contributed by atoms with Crippen molar-refractivity contribution in [2.24, 2.45) is 11.8 Å². The molecule has 0 aromatic heterocycles. The number of carbonyl (C=O) groups excluding carboxylic acids is 2. The number of esters is 1. The van der Waals surface area contributed by atoms with Gasteiger partial charge in [-0.1, -0.05) is 0 Å². The molecule has 1 aliphatic rings. The summed E-state index contributed by atoms with van der Waals surface area (Å²) in [6.07, 6.45) is 0.282. The molecule has 1 amide bonds. The van der Waals surface area contributed by atoms with Crippen molar-refractivity contribution < 1.29 is 24.2 Å². The fourth-order valence-corrected chi connectivity index (χ4v) is 2.38. The number of rotatable bonds is 5. The molecule has 1 aliphatic heterocycles. The van der Waals surface area contributed by atoms with E-state index in [0.29, 0.717) is 25.8 Å². The van der Waals surface area contributed by atoms with Gasteiger partial charge in [0.1, 0.15) is 17.9 Å². The normalized spacial score (nSPS) is 23.9. The Labute approximate surface area is 130 Å². The van der Waals surface area contributed by atoms with Crippen molar-refractivity contribution in [2.45, 2.75) is 57.9 Å². The number of methoxy groups -OCH3 is 1. The van der Waals surface area contributed by atoms with Crippen molar-refractivity contribution in [3.05, 3.63) is 0 Å². The summed E-state index contributed by atoms with van der Waals surface area (Å²) in [5.41, 5.74) is -0.639. The first-order valence-electron chi connectivity index (χ1n) is 7.39. The number of amides is 1. The number of aliphatic hydroxyl groups is 1. The molecule has 0 unspecified atom stereocenters. The lowest BCUT2D eigenvalue weighted by Gasteiger charge is -2.23. The maximum atomic E-state index is 11.8. The van der Waals surface area contributed by atoms with E-state index in [2.05, 4.69) is 5.32 Å². The molecule has 3 atom stereocenters. The number of hydrazine groups is 1. The summed E-state index contributed by atoms with van der Waals surface area (Å²) in [6.45, 7) is 5.79. The van der Waals surface area contributed by atoms with Gasteiger partial charge in [0.15, 0.2) is 0 Å². The molecule has 1 saturated heterocycles. The van der Waals surface area contributed by atoms with Crippen LogP contribution in [0.25, 0.3) is 0 Å². The number of nitrogens with one attached hydrogen (secondary N) is 1. The Morgan fingerprint density at radius 1 is 1.45 bits per heavy atom. The lowest BCUT2D eigenvalue weighted by atomic mass is 9.99. The van der Waals surface area contributed by atoms with E-state index in [0.717, 1.165) is 0 Å². The summed E-state index contributed by atoms with van der Waals surface area (Å²) in [5, 5.41) is 13.5. The second kappa shape index (κ2) is 7.75. The van der Waals surface area contributed by atoms with Gasteiger partial charge in [-0.15, -0.1) is 0 Å². The van der Waals surface area contributed by atoms with Crippen molar-refractivity contribution in [1.82, 2.24) is 10.3 Å². The standard InChI is InChI=1S/C14H27N3O5/c1-14(2,3)22-13(20)16-10(12(19)21-4)6-5-9-7-11(18)17(15)8-9/h9-11,18H,5-8,15H2,1-4H3,(H,16,20)/t9-,10+,11-/m1/s1. The Bertz CT molecular complexity index is 386. The molecule has 4 N–H and O–H groups in total. The monoisotopic (exact) mass is 317 g/mol. The quantitative estimate of drug-likeness (QED) is 0.495. The molecule has 8 nitrogen and oxygen atoms in total. The number of carbonyl (C=O) groups is 2. The van der Waals surface area contributed by atoms with Gasteiger partial charge in [0.2, 0.25) is 0 Å². The van der Waals surface area contributed by atoms with Gasteiger partial charge in [-0.2, -0.15) is 0 Å². The summed E-state index contributed by atoms with van der Waals surface area (Å²) < 4.78 is 9.85. The van der Waals surface area contributed by atoms with E-state index in [1.54, 1.807) is 20.8 Å². The minimum Gasteiger partial charge on any atom is -0.467 e. The van der Waals surface area contributed by atoms with Crippen LogP contribution < -0.4 is 11.2 Å². The zero-order valence-electron chi connectivity index (χ0n) is 13.7. The largest absolute Gasteiger partial charge is 0.467 e. The number of hydrogen-bond donors (Lipinski definition) is 3. The van der Waals surface area contributed by atoms with E-state index in [1.165, 1.54) is 12.1 Å². The third-order valence-corrected chi connectivity index (χ3v) is 3.44. The molecule has 22 heavy (non-hydrogen) atoms. The predicted octanol–water partition coefficient (Wildman–Crippen LogP) is 0.347. The van der Waals surface area contributed by atoms with Crippen LogP contribution in [0.15, 0.2) is 0 Å². The van der Waals surface area contributed by atoms with Gasteiger partial charge in [0.25, 0.3) is 0 Å². The highest BCUT2D eigenvalue weighted by molar-refractivity contribution is 5.81. The van der Waals surface area contributed by atoms with Crippen molar-refractivity contribution >= 4 is 12.1 Å². The average molecular weight is 317 g/mol. The van der Waals surface area contributed by atoms with Crippen molar-refractivity contribution in [2.75, 3.05) is 13.7 Å². The topological polar surface area (TPSA) is 114 Å². The lowest BCUT2D eigenvalue weighted by molar-refractivity contribution is -0.143. The maximum absolute atomic E-state index is 11.8. The molecule has 1 rings (SSSR count). The minimum absolute atomic E-state index is 0.174. The van der Waals surface area contributed by atoms with E-state index in [-0.39, 0.29) is 5.92 Å². The summed E-state index contributed by atoms with van der Waals surface area (Å²) >= 11 is 0. The third-order valence-electron chi connectivity index (χ3n) is 3.44. The molecule has 1 fully saturated rings. The van der Waals surface area contributed by atoms with Crippen molar-refractivity contribution in [3.8, 4) is 0 Å². The van der Waals surface area contributed by atoms with Gasteiger partial charge >= 0.3 is 12.1 Å². The van der Waals surface area contributed by atoms with E-state index >= 15 is 0 Å². The van der Waals surface area contributed by atoms with Crippen LogP contribution in [0.3, 0.4) is 0 Å². The van der Waals surface area contributed by atoms with Crippen LogP contribution in [0, 0.1) is 5.92 Å². The molecule has 8 heteroatoms. The SMILES string of the molecule is COC(=O)[C@H](CC[C@@H]1C[C@@H](O)N(N)C1)NC(=O)OC(C)(C)C. The number of alkyl carbamates (subject to hydrolysis) is 1. The fourth-order valence-electron chi connectivity index (χ4n) is 2.38. The lowest BCUT2D eigenvalue weighted by Crippen LogP contribution is -2.44. The molecular weight excluding hydrogens is 290 g/mol. The summed E-state index contributed by atoms with van der Waals surface area (Å²) in [5.74, 6) is 5.27. The van der Waals surface area contributed by atoms with E-state index < -0.39 is 29.9 Å². The fraction of sp³-hybridized carbons (Fsp3) is 0.857. The molecule has 0 aromatic rings. The van der Waals surface area contributed by atoms with Crippen molar-refractivity contribution in [3.63, 3.8) is 0 Å². The average Bonchev–Trinajstić information content (AvgIpc) is 2.70. The van der Waals surface area contributed by atoms with Gasteiger partial charge < -0.3 is 19.9 Å². The highest BCUT2D eigenvalue weighted by Crippen LogP contribution is 2.23. The van der Waals surface area contributed by atoms with E-state index in [9.17, 15) is 14.7 Å². The maximum Gasteiger partial charge on any atom is 0.408 e. The molecular formula is C14H27N3O5. The number of aliphatic hydroxyl groups excluding tert-OH is 1. The Balaban J connectivity index is 2.51. The zero-order valence-corrected chi connectivity index (χ0v) is 13.7. The zero-order chi connectivity index (χ0) is 16.9. The Hall–Kier alpha value is -1.38. The summed E-state index contributed by atoms with van der Waals surface area (Å²) in [6, 6.07) is -0.774.